The third kappa shape index (κ3) is 4.04. The number of hydrogen-bond acceptors (Lipinski definition) is 4. The van der Waals surface area contributed by atoms with E-state index < -0.39 is 18.1 Å². The molecule has 17 heavy (non-hydrogen) atoms. The minimum absolute atomic E-state index is 0.226. The summed E-state index contributed by atoms with van der Waals surface area (Å²) in [5.41, 5.74) is 5.18. The van der Waals surface area contributed by atoms with Crippen LogP contribution in [0.2, 0.25) is 0 Å². The summed E-state index contributed by atoms with van der Waals surface area (Å²) in [6, 6.07) is 1.20. The monoisotopic (exact) mass is 239 g/mol. The SMILES string of the molecule is C[C@@H](C#N)C[C@H](NC(=O)[C@H]1CCCO1)C(N)=O. The fourth-order valence-electron chi connectivity index (χ4n) is 1.70. The van der Waals surface area contributed by atoms with Crippen LogP contribution in [0.3, 0.4) is 0 Å². The molecule has 0 aromatic carbocycles. The van der Waals surface area contributed by atoms with Gasteiger partial charge < -0.3 is 15.8 Å². The highest BCUT2D eigenvalue weighted by Gasteiger charge is 2.28. The maximum atomic E-state index is 11.7. The molecule has 6 heteroatoms. The number of rotatable bonds is 5. The number of ether oxygens (including phenoxy) is 1. The van der Waals surface area contributed by atoms with Gasteiger partial charge >= 0.3 is 0 Å². The van der Waals surface area contributed by atoms with Crippen molar-refractivity contribution < 1.29 is 14.3 Å². The van der Waals surface area contributed by atoms with Gasteiger partial charge in [0.25, 0.3) is 0 Å². The molecule has 94 valence electrons. The molecule has 1 heterocycles. The van der Waals surface area contributed by atoms with E-state index in [9.17, 15) is 9.59 Å². The molecule has 2 amide bonds. The molecule has 0 aromatic heterocycles. The van der Waals surface area contributed by atoms with Gasteiger partial charge in [-0.2, -0.15) is 5.26 Å². The molecule has 6 nitrogen and oxygen atoms in total. The van der Waals surface area contributed by atoms with Crippen LogP contribution in [0.15, 0.2) is 0 Å². The van der Waals surface area contributed by atoms with Crippen LogP contribution in [0.25, 0.3) is 0 Å². The van der Waals surface area contributed by atoms with E-state index in [2.05, 4.69) is 5.32 Å². The number of nitrogens with zero attached hydrogens (tertiary/aromatic N) is 1. The average molecular weight is 239 g/mol. The van der Waals surface area contributed by atoms with E-state index in [1.54, 1.807) is 6.92 Å². The van der Waals surface area contributed by atoms with E-state index >= 15 is 0 Å². The van der Waals surface area contributed by atoms with Crippen molar-refractivity contribution in [1.82, 2.24) is 5.32 Å². The number of carbonyl (C=O) groups is 2. The molecule has 3 N–H and O–H groups in total. The minimum Gasteiger partial charge on any atom is -0.368 e. The summed E-state index contributed by atoms with van der Waals surface area (Å²) in [5, 5.41) is 11.2. The van der Waals surface area contributed by atoms with Crippen molar-refractivity contribution in [2.24, 2.45) is 11.7 Å². The smallest absolute Gasteiger partial charge is 0.249 e. The van der Waals surface area contributed by atoms with Crippen LogP contribution in [0, 0.1) is 17.2 Å². The summed E-state index contributed by atoms with van der Waals surface area (Å²) >= 11 is 0. The second-order valence-electron chi connectivity index (χ2n) is 4.23. The van der Waals surface area contributed by atoms with Crippen molar-refractivity contribution in [3.63, 3.8) is 0 Å². The fourth-order valence-corrected chi connectivity index (χ4v) is 1.70. The zero-order valence-electron chi connectivity index (χ0n) is 9.81. The molecule has 1 fully saturated rings. The van der Waals surface area contributed by atoms with Crippen LogP contribution < -0.4 is 11.1 Å². The second-order valence-corrected chi connectivity index (χ2v) is 4.23. The zero-order chi connectivity index (χ0) is 12.8. The van der Waals surface area contributed by atoms with Gasteiger partial charge in [-0.05, 0) is 26.2 Å². The van der Waals surface area contributed by atoms with E-state index in [4.69, 9.17) is 15.7 Å². The predicted octanol–water partition coefficient (Wildman–Crippen LogP) is -0.315. The number of nitrogens with one attached hydrogen (secondary N) is 1. The van der Waals surface area contributed by atoms with Crippen LogP contribution in [0.5, 0.6) is 0 Å². The number of carbonyl (C=O) groups excluding carboxylic acids is 2. The largest absolute Gasteiger partial charge is 0.368 e. The Labute approximate surface area is 100 Å². The molecule has 0 bridgehead atoms. The highest BCUT2D eigenvalue weighted by molar-refractivity contribution is 5.88. The normalized spacial score (nSPS) is 22.5. The van der Waals surface area contributed by atoms with E-state index in [0.29, 0.717) is 13.0 Å². The third-order valence-corrected chi connectivity index (χ3v) is 2.69. The van der Waals surface area contributed by atoms with E-state index in [1.165, 1.54) is 0 Å². The maximum absolute atomic E-state index is 11.7. The van der Waals surface area contributed by atoms with Gasteiger partial charge in [0.2, 0.25) is 11.8 Å². The first-order valence-corrected chi connectivity index (χ1v) is 5.65. The van der Waals surface area contributed by atoms with Crippen molar-refractivity contribution in [2.45, 2.75) is 38.3 Å². The van der Waals surface area contributed by atoms with E-state index in [0.717, 1.165) is 6.42 Å². The number of primary amides is 1. The van der Waals surface area contributed by atoms with Gasteiger partial charge in [0.05, 0.1) is 6.07 Å². The topological polar surface area (TPSA) is 105 Å². The quantitative estimate of drug-likeness (QED) is 0.686. The Kier molecular flexibility index (Phi) is 4.91. The van der Waals surface area contributed by atoms with Gasteiger partial charge in [-0.1, -0.05) is 0 Å². The molecule has 0 spiro atoms. The standard InChI is InChI=1S/C11H17N3O3/c1-7(6-12)5-8(10(13)15)14-11(16)9-3-2-4-17-9/h7-9H,2-5H2,1H3,(H2,13,15)(H,14,16)/t7-,8+,9-/m1/s1. The molecule has 0 radical (unpaired) electrons. The van der Waals surface area contributed by atoms with Gasteiger partial charge in [0.15, 0.2) is 0 Å². The molecular weight excluding hydrogens is 222 g/mol. The lowest BCUT2D eigenvalue weighted by molar-refractivity contribution is -0.134. The first-order chi connectivity index (χ1) is 8.04. The maximum Gasteiger partial charge on any atom is 0.249 e. The molecular formula is C11H17N3O3. The van der Waals surface area contributed by atoms with Crippen molar-refractivity contribution in [3.05, 3.63) is 0 Å². The second kappa shape index (κ2) is 6.21. The van der Waals surface area contributed by atoms with Crippen molar-refractivity contribution >= 4 is 11.8 Å². The zero-order valence-corrected chi connectivity index (χ0v) is 9.81. The molecule has 3 atom stereocenters. The lowest BCUT2D eigenvalue weighted by atomic mass is 10.0. The number of nitriles is 1. The van der Waals surface area contributed by atoms with Gasteiger partial charge in [-0.15, -0.1) is 0 Å². The molecule has 0 aliphatic carbocycles. The highest BCUT2D eigenvalue weighted by Crippen LogP contribution is 2.13. The summed E-state index contributed by atoms with van der Waals surface area (Å²) in [5.74, 6) is -1.29. The van der Waals surface area contributed by atoms with Crippen LogP contribution in [-0.2, 0) is 14.3 Å². The Balaban J connectivity index is 2.51. The van der Waals surface area contributed by atoms with Crippen molar-refractivity contribution in [3.8, 4) is 6.07 Å². The summed E-state index contributed by atoms with van der Waals surface area (Å²) in [6.45, 7) is 2.24. The van der Waals surface area contributed by atoms with E-state index in [-0.39, 0.29) is 18.2 Å². The van der Waals surface area contributed by atoms with Crippen LogP contribution in [-0.4, -0.2) is 30.6 Å². The van der Waals surface area contributed by atoms with Crippen molar-refractivity contribution in [1.29, 1.82) is 5.26 Å². The number of nitrogens with two attached hydrogens (primary N) is 1. The lowest BCUT2D eigenvalue weighted by Crippen LogP contribution is -2.48. The molecule has 1 aliphatic heterocycles. The van der Waals surface area contributed by atoms with E-state index in [1.807, 2.05) is 6.07 Å². The summed E-state index contributed by atoms with van der Waals surface area (Å²) in [4.78, 5) is 22.9. The molecule has 1 rings (SSSR count). The van der Waals surface area contributed by atoms with Gasteiger partial charge in [-0.3, -0.25) is 9.59 Å². The van der Waals surface area contributed by atoms with Gasteiger partial charge in [0, 0.05) is 12.5 Å². The van der Waals surface area contributed by atoms with Crippen LogP contribution >= 0.6 is 0 Å². The number of amides is 2. The molecule has 1 aliphatic rings. The highest BCUT2D eigenvalue weighted by atomic mass is 16.5. The van der Waals surface area contributed by atoms with Crippen LogP contribution in [0.4, 0.5) is 0 Å². The lowest BCUT2D eigenvalue weighted by Gasteiger charge is -2.18. The van der Waals surface area contributed by atoms with Crippen LogP contribution in [0.1, 0.15) is 26.2 Å². The van der Waals surface area contributed by atoms with Crippen molar-refractivity contribution in [2.75, 3.05) is 6.61 Å². The summed E-state index contributed by atoms with van der Waals surface area (Å²) in [7, 11) is 0. The first-order valence-electron chi connectivity index (χ1n) is 5.65. The third-order valence-electron chi connectivity index (χ3n) is 2.69. The molecule has 0 aromatic rings. The van der Waals surface area contributed by atoms with Gasteiger partial charge in [-0.25, -0.2) is 0 Å². The Bertz CT molecular complexity index is 331. The Morgan fingerprint density at radius 2 is 2.35 bits per heavy atom. The molecule has 0 unspecified atom stereocenters. The number of hydrogen-bond donors (Lipinski definition) is 2. The first kappa shape index (κ1) is 13.5. The molecule has 0 saturated carbocycles. The predicted molar refractivity (Wildman–Crippen MR) is 59.5 cm³/mol. The Morgan fingerprint density at radius 1 is 1.65 bits per heavy atom. The molecule has 1 saturated heterocycles. The summed E-state index contributed by atoms with van der Waals surface area (Å²) in [6.07, 6.45) is 1.23. The van der Waals surface area contributed by atoms with Gasteiger partial charge in [0.1, 0.15) is 12.1 Å². The summed E-state index contributed by atoms with van der Waals surface area (Å²) < 4.78 is 5.20. The average Bonchev–Trinajstić information content (AvgIpc) is 2.81. The minimum atomic E-state index is -0.804. The Hall–Kier alpha value is -1.61. The Morgan fingerprint density at radius 3 is 2.82 bits per heavy atom. The fraction of sp³-hybridized carbons (Fsp3) is 0.727.